The fourth-order valence-electron chi connectivity index (χ4n) is 3.68. The molecule has 1 aliphatic rings. The highest BCUT2D eigenvalue weighted by Gasteiger charge is 2.18. The summed E-state index contributed by atoms with van der Waals surface area (Å²) < 4.78 is 0. The minimum Gasteiger partial charge on any atom is -0.289 e. The lowest BCUT2D eigenvalue weighted by atomic mass is 10.1. The van der Waals surface area contributed by atoms with Gasteiger partial charge in [0.2, 0.25) is 0 Å². The van der Waals surface area contributed by atoms with Crippen LogP contribution < -0.4 is 0 Å². The van der Waals surface area contributed by atoms with Gasteiger partial charge in [-0.15, -0.1) is 0 Å². The predicted molar refractivity (Wildman–Crippen MR) is 105 cm³/mol. The molecule has 0 bridgehead atoms. The summed E-state index contributed by atoms with van der Waals surface area (Å²) in [7, 11) is 0. The van der Waals surface area contributed by atoms with Crippen molar-refractivity contribution < 1.29 is 0 Å². The van der Waals surface area contributed by atoms with Gasteiger partial charge in [0.25, 0.3) is 0 Å². The molecule has 0 spiro atoms. The lowest BCUT2D eigenvalue weighted by molar-refractivity contribution is 0.237. The first-order valence-electron chi connectivity index (χ1n) is 10.4. The minimum absolute atomic E-state index is 1.11. The number of hydrogen-bond donors (Lipinski definition) is 0. The van der Waals surface area contributed by atoms with Crippen molar-refractivity contribution in [2.75, 3.05) is 26.3 Å². The molecule has 0 radical (unpaired) electrons. The van der Waals surface area contributed by atoms with Crippen LogP contribution >= 0.6 is 0 Å². The monoisotopic (exact) mass is 330 g/mol. The summed E-state index contributed by atoms with van der Waals surface area (Å²) in [6.07, 6.45) is 14.3. The van der Waals surface area contributed by atoms with Gasteiger partial charge < -0.3 is 0 Å². The van der Waals surface area contributed by atoms with Gasteiger partial charge in [0.15, 0.2) is 0 Å². The average Bonchev–Trinajstić information content (AvgIpc) is 3.05. The Hall–Kier alpha value is -0.860. The predicted octanol–water partition coefficient (Wildman–Crippen LogP) is 5.68. The van der Waals surface area contributed by atoms with Gasteiger partial charge in [-0.2, -0.15) is 0 Å². The smallest absolute Gasteiger partial charge is 0.0510 e. The Bertz CT molecular complexity index is 404. The fraction of sp³-hybridized carbons (Fsp3) is 0.727. The molecule has 24 heavy (non-hydrogen) atoms. The summed E-state index contributed by atoms with van der Waals surface area (Å²) in [4.78, 5) is 5.21. The molecule has 136 valence electrons. The maximum absolute atomic E-state index is 2.63. The third-order valence-electron chi connectivity index (χ3n) is 5.21. The highest BCUT2D eigenvalue weighted by molar-refractivity contribution is 5.14. The number of rotatable bonds is 13. The number of benzene rings is 1. The van der Waals surface area contributed by atoms with E-state index in [4.69, 9.17) is 0 Å². The number of unbranched alkanes of at least 4 members (excludes halogenated alkanes) is 9. The Morgan fingerprint density at radius 1 is 0.708 bits per heavy atom. The van der Waals surface area contributed by atoms with Crippen LogP contribution in [0.4, 0.5) is 0 Å². The lowest BCUT2D eigenvalue weighted by Crippen LogP contribution is -2.26. The van der Waals surface area contributed by atoms with Crippen molar-refractivity contribution in [3.05, 3.63) is 35.9 Å². The summed E-state index contributed by atoms with van der Waals surface area (Å²) in [5, 5.41) is 0. The van der Waals surface area contributed by atoms with Crippen LogP contribution in [0.25, 0.3) is 0 Å². The van der Waals surface area contributed by atoms with E-state index in [2.05, 4.69) is 47.1 Å². The van der Waals surface area contributed by atoms with E-state index in [1.54, 1.807) is 0 Å². The average molecular weight is 331 g/mol. The minimum atomic E-state index is 1.11. The Balaban J connectivity index is 1.42. The molecule has 0 atom stereocenters. The topological polar surface area (TPSA) is 6.48 Å². The summed E-state index contributed by atoms with van der Waals surface area (Å²) in [5.41, 5.74) is 1.44. The van der Waals surface area contributed by atoms with Crippen molar-refractivity contribution in [1.82, 2.24) is 9.80 Å². The molecule has 1 saturated heterocycles. The molecule has 1 aliphatic heterocycles. The van der Waals surface area contributed by atoms with E-state index in [-0.39, 0.29) is 0 Å². The maximum Gasteiger partial charge on any atom is 0.0510 e. The summed E-state index contributed by atoms with van der Waals surface area (Å²) in [6, 6.07) is 10.9. The third kappa shape index (κ3) is 8.30. The lowest BCUT2D eigenvalue weighted by Gasteiger charge is -2.18. The van der Waals surface area contributed by atoms with E-state index in [1.807, 2.05) is 0 Å². The molecule has 2 rings (SSSR count). The molecule has 0 saturated carbocycles. The molecule has 2 nitrogen and oxygen atoms in total. The zero-order chi connectivity index (χ0) is 16.9. The van der Waals surface area contributed by atoms with E-state index in [0.29, 0.717) is 0 Å². The number of nitrogens with zero attached hydrogens (tertiary/aromatic N) is 2. The SMILES string of the molecule is CCCCCCCCCCCCN1CCN(Cc2ccccc2)C1. The fourth-order valence-corrected chi connectivity index (χ4v) is 3.68. The van der Waals surface area contributed by atoms with E-state index in [1.165, 1.54) is 89.4 Å². The first kappa shape index (κ1) is 19.5. The van der Waals surface area contributed by atoms with E-state index < -0.39 is 0 Å². The Kier molecular flexibility index (Phi) is 10.1. The van der Waals surface area contributed by atoms with Crippen molar-refractivity contribution >= 4 is 0 Å². The van der Waals surface area contributed by atoms with Gasteiger partial charge in [0.05, 0.1) is 6.67 Å². The van der Waals surface area contributed by atoms with Crippen molar-refractivity contribution in [3.63, 3.8) is 0 Å². The van der Waals surface area contributed by atoms with Crippen LogP contribution in [0.5, 0.6) is 0 Å². The molecule has 0 aromatic heterocycles. The van der Waals surface area contributed by atoms with Crippen molar-refractivity contribution in [3.8, 4) is 0 Å². The molecule has 0 unspecified atom stereocenters. The van der Waals surface area contributed by atoms with Gasteiger partial charge >= 0.3 is 0 Å². The first-order chi connectivity index (χ1) is 11.9. The van der Waals surface area contributed by atoms with Gasteiger partial charge in [-0.1, -0.05) is 95.0 Å². The molecule has 2 heteroatoms. The molecule has 1 aromatic rings. The largest absolute Gasteiger partial charge is 0.289 e. The summed E-state index contributed by atoms with van der Waals surface area (Å²) >= 11 is 0. The zero-order valence-corrected chi connectivity index (χ0v) is 15.9. The van der Waals surface area contributed by atoms with Gasteiger partial charge in [-0.25, -0.2) is 0 Å². The molecule has 1 fully saturated rings. The van der Waals surface area contributed by atoms with Crippen LogP contribution in [-0.2, 0) is 6.54 Å². The van der Waals surface area contributed by atoms with Crippen LogP contribution in [0.1, 0.15) is 76.7 Å². The highest BCUT2D eigenvalue weighted by atomic mass is 15.4. The highest BCUT2D eigenvalue weighted by Crippen LogP contribution is 2.13. The van der Waals surface area contributed by atoms with E-state index in [9.17, 15) is 0 Å². The molecule has 0 amide bonds. The van der Waals surface area contributed by atoms with Crippen molar-refractivity contribution in [2.45, 2.75) is 77.7 Å². The molecular weight excluding hydrogens is 292 g/mol. The maximum atomic E-state index is 2.63. The van der Waals surface area contributed by atoms with Gasteiger partial charge in [-0.05, 0) is 18.5 Å². The van der Waals surface area contributed by atoms with Crippen LogP contribution in [0.3, 0.4) is 0 Å². The second kappa shape index (κ2) is 12.5. The normalized spacial score (nSPS) is 16.0. The molecule has 0 N–H and O–H groups in total. The Morgan fingerprint density at radius 3 is 1.96 bits per heavy atom. The van der Waals surface area contributed by atoms with Crippen LogP contribution in [-0.4, -0.2) is 36.1 Å². The van der Waals surface area contributed by atoms with Crippen molar-refractivity contribution in [1.29, 1.82) is 0 Å². The second-order valence-corrected chi connectivity index (χ2v) is 7.48. The Labute approximate surface area is 150 Å². The van der Waals surface area contributed by atoms with Gasteiger partial charge in [-0.3, -0.25) is 9.80 Å². The van der Waals surface area contributed by atoms with Crippen LogP contribution in [0.15, 0.2) is 30.3 Å². The van der Waals surface area contributed by atoms with E-state index >= 15 is 0 Å². The van der Waals surface area contributed by atoms with E-state index in [0.717, 1.165) is 13.2 Å². The second-order valence-electron chi connectivity index (χ2n) is 7.48. The summed E-state index contributed by atoms with van der Waals surface area (Å²) in [6.45, 7) is 8.33. The summed E-state index contributed by atoms with van der Waals surface area (Å²) in [5.74, 6) is 0. The van der Waals surface area contributed by atoms with Crippen LogP contribution in [0, 0.1) is 0 Å². The number of hydrogen-bond acceptors (Lipinski definition) is 2. The third-order valence-corrected chi connectivity index (χ3v) is 5.21. The zero-order valence-electron chi connectivity index (χ0n) is 15.9. The van der Waals surface area contributed by atoms with Crippen molar-refractivity contribution in [2.24, 2.45) is 0 Å². The molecule has 0 aliphatic carbocycles. The molecular formula is C22H38N2. The molecule has 1 aromatic carbocycles. The standard InChI is InChI=1S/C22H38N2/c1-2-3-4-5-6-7-8-9-10-14-17-23-18-19-24(21-23)20-22-15-12-11-13-16-22/h11-13,15-16H,2-10,14,17-21H2,1H3. The quantitative estimate of drug-likeness (QED) is 0.429. The Morgan fingerprint density at radius 2 is 1.29 bits per heavy atom. The van der Waals surface area contributed by atoms with Gasteiger partial charge in [0.1, 0.15) is 0 Å². The molecule has 1 heterocycles. The first-order valence-corrected chi connectivity index (χ1v) is 10.4. The van der Waals surface area contributed by atoms with Gasteiger partial charge in [0, 0.05) is 19.6 Å². The van der Waals surface area contributed by atoms with Crippen LogP contribution in [0.2, 0.25) is 0 Å².